The maximum absolute atomic E-state index is 2.30. The molecule has 0 bridgehead atoms. The van der Waals surface area contributed by atoms with Gasteiger partial charge >= 0.3 is 29.6 Å². The predicted molar refractivity (Wildman–Crippen MR) is 91.4 cm³/mol. The first kappa shape index (κ1) is 18.7. The molecule has 0 unspecified atom stereocenters. The summed E-state index contributed by atoms with van der Waals surface area (Å²) in [6, 6.07) is 15.5. The first-order valence-electron chi connectivity index (χ1n) is 8.38. The van der Waals surface area contributed by atoms with E-state index in [-0.39, 0.29) is 31.0 Å². The monoisotopic (exact) mass is 292 g/mol. The zero-order valence-corrected chi connectivity index (χ0v) is 15.9. The van der Waals surface area contributed by atoms with Crippen LogP contribution >= 0.6 is 0 Å². The van der Waals surface area contributed by atoms with Crippen LogP contribution in [0.1, 0.15) is 65.3 Å². The number of rotatable bonds is 9. The van der Waals surface area contributed by atoms with Crippen LogP contribution < -0.4 is 29.6 Å². The molecule has 2 aromatic carbocycles. The van der Waals surface area contributed by atoms with Gasteiger partial charge in [0.2, 0.25) is 0 Å². The second-order valence-electron chi connectivity index (χ2n) is 5.86. The number of unbranched alkanes of at least 4 members (excludes halogenated alkanes) is 7. The Balaban J connectivity index is 0.00000220. The van der Waals surface area contributed by atoms with Crippen molar-refractivity contribution in [2.75, 3.05) is 0 Å². The normalized spacial score (nSPS) is 10.5. The van der Waals surface area contributed by atoms with Gasteiger partial charge in [0.05, 0.1) is 0 Å². The summed E-state index contributed by atoms with van der Waals surface area (Å²) in [6.45, 7) is 2.28. The molecule has 0 aliphatic rings. The van der Waals surface area contributed by atoms with Gasteiger partial charge in [0.1, 0.15) is 0 Å². The Kier molecular flexibility index (Phi) is 10.1. The van der Waals surface area contributed by atoms with Gasteiger partial charge in [0.15, 0.2) is 0 Å². The SMILES string of the molecule is CCCCCCCCCCc1cccc2ccccc12.[H-].[Na+]. The summed E-state index contributed by atoms with van der Waals surface area (Å²) in [5.74, 6) is 0. The minimum absolute atomic E-state index is 0. The molecule has 21 heavy (non-hydrogen) atoms. The zero-order valence-electron chi connectivity index (χ0n) is 14.9. The molecule has 0 radical (unpaired) electrons. The molecule has 0 nitrogen and oxygen atoms in total. The molecule has 0 heterocycles. The summed E-state index contributed by atoms with van der Waals surface area (Å²) in [4.78, 5) is 0. The van der Waals surface area contributed by atoms with E-state index in [1.807, 2.05) is 0 Å². The van der Waals surface area contributed by atoms with Crippen LogP contribution in [-0.4, -0.2) is 0 Å². The molecule has 110 valence electrons. The molecule has 2 aromatic rings. The van der Waals surface area contributed by atoms with Crippen LogP contribution in [0.2, 0.25) is 0 Å². The molecule has 1 heteroatoms. The van der Waals surface area contributed by atoms with Crippen molar-refractivity contribution in [3.05, 3.63) is 48.0 Å². The van der Waals surface area contributed by atoms with Crippen molar-refractivity contribution in [1.29, 1.82) is 0 Å². The average molecular weight is 292 g/mol. The van der Waals surface area contributed by atoms with Crippen LogP contribution in [-0.2, 0) is 6.42 Å². The van der Waals surface area contributed by atoms with E-state index >= 15 is 0 Å². The number of hydrogen-bond acceptors (Lipinski definition) is 0. The second-order valence-corrected chi connectivity index (χ2v) is 5.86. The van der Waals surface area contributed by atoms with E-state index in [4.69, 9.17) is 0 Å². The third kappa shape index (κ3) is 6.55. The molecule has 0 N–H and O–H groups in total. The van der Waals surface area contributed by atoms with E-state index in [2.05, 4.69) is 49.4 Å². The Morgan fingerprint density at radius 3 is 2.10 bits per heavy atom. The van der Waals surface area contributed by atoms with Crippen LogP contribution in [0.4, 0.5) is 0 Å². The first-order valence-corrected chi connectivity index (χ1v) is 8.38. The van der Waals surface area contributed by atoms with E-state index in [9.17, 15) is 0 Å². The largest absolute Gasteiger partial charge is 1.00 e. The van der Waals surface area contributed by atoms with Crippen molar-refractivity contribution in [2.24, 2.45) is 0 Å². The molecule has 0 spiro atoms. The van der Waals surface area contributed by atoms with Crippen molar-refractivity contribution >= 4 is 10.8 Å². The van der Waals surface area contributed by atoms with Gasteiger partial charge in [0, 0.05) is 0 Å². The summed E-state index contributed by atoms with van der Waals surface area (Å²) in [6.07, 6.45) is 12.4. The standard InChI is InChI=1S/C20H28.Na.H/c1-2-3-4-5-6-7-8-9-13-18-15-12-16-19-14-10-11-17-20(18)19;;/h10-12,14-17H,2-9,13H2,1H3;;/q;+1;-1. The van der Waals surface area contributed by atoms with Gasteiger partial charge < -0.3 is 1.43 Å². The van der Waals surface area contributed by atoms with E-state index in [0.717, 1.165) is 0 Å². The van der Waals surface area contributed by atoms with E-state index in [0.29, 0.717) is 0 Å². The van der Waals surface area contributed by atoms with Crippen LogP contribution in [0.15, 0.2) is 42.5 Å². The smallest absolute Gasteiger partial charge is 1.00 e. The minimum atomic E-state index is 0. The molecule has 0 atom stereocenters. The van der Waals surface area contributed by atoms with Gasteiger partial charge in [-0.15, -0.1) is 0 Å². The third-order valence-electron chi connectivity index (χ3n) is 4.18. The van der Waals surface area contributed by atoms with Gasteiger partial charge in [-0.05, 0) is 29.2 Å². The quantitative estimate of drug-likeness (QED) is 0.489. The fourth-order valence-corrected chi connectivity index (χ4v) is 2.96. The van der Waals surface area contributed by atoms with Crippen LogP contribution in [0.5, 0.6) is 0 Å². The fourth-order valence-electron chi connectivity index (χ4n) is 2.96. The van der Waals surface area contributed by atoms with Gasteiger partial charge in [-0.3, -0.25) is 0 Å². The maximum atomic E-state index is 2.30. The molecule has 0 saturated carbocycles. The summed E-state index contributed by atoms with van der Waals surface area (Å²) >= 11 is 0. The van der Waals surface area contributed by atoms with Gasteiger partial charge in [-0.25, -0.2) is 0 Å². The minimum Gasteiger partial charge on any atom is -1.00 e. The summed E-state index contributed by atoms with van der Waals surface area (Å²) < 4.78 is 0. The Labute approximate surface area is 154 Å². The fraction of sp³-hybridized carbons (Fsp3) is 0.500. The summed E-state index contributed by atoms with van der Waals surface area (Å²) in [5, 5.41) is 2.82. The summed E-state index contributed by atoms with van der Waals surface area (Å²) in [5.41, 5.74) is 1.52. The molecule has 0 amide bonds. The number of aryl methyl sites for hydroxylation is 1. The number of hydrogen-bond donors (Lipinski definition) is 0. The van der Waals surface area contributed by atoms with Gasteiger partial charge in [-0.1, -0.05) is 94.3 Å². The van der Waals surface area contributed by atoms with Crippen LogP contribution in [0.25, 0.3) is 10.8 Å². The Bertz CT molecular complexity index is 505. The molecular weight excluding hydrogens is 263 g/mol. The molecule has 0 aliphatic heterocycles. The molecule has 0 fully saturated rings. The van der Waals surface area contributed by atoms with Crippen molar-refractivity contribution in [1.82, 2.24) is 0 Å². The second kappa shape index (κ2) is 11.3. The van der Waals surface area contributed by atoms with Crippen molar-refractivity contribution in [3.63, 3.8) is 0 Å². The van der Waals surface area contributed by atoms with Crippen molar-refractivity contribution in [3.8, 4) is 0 Å². The van der Waals surface area contributed by atoms with Gasteiger partial charge in [0.25, 0.3) is 0 Å². The molecule has 0 saturated heterocycles. The van der Waals surface area contributed by atoms with Crippen LogP contribution in [0, 0.1) is 0 Å². The maximum Gasteiger partial charge on any atom is 1.00 e. The Morgan fingerprint density at radius 2 is 1.33 bits per heavy atom. The summed E-state index contributed by atoms with van der Waals surface area (Å²) in [7, 11) is 0. The van der Waals surface area contributed by atoms with Crippen molar-refractivity contribution in [2.45, 2.75) is 64.7 Å². The van der Waals surface area contributed by atoms with E-state index in [1.165, 1.54) is 74.1 Å². The Morgan fingerprint density at radius 1 is 0.714 bits per heavy atom. The van der Waals surface area contributed by atoms with E-state index in [1.54, 1.807) is 0 Å². The predicted octanol–water partition coefficient (Wildman–Crippen LogP) is 3.64. The van der Waals surface area contributed by atoms with Crippen molar-refractivity contribution < 1.29 is 31.0 Å². The molecule has 2 rings (SSSR count). The molecule has 0 aromatic heterocycles. The zero-order chi connectivity index (χ0) is 14.0. The van der Waals surface area contributed by atoms with Gasteiger partial charge in [-0.2, -0.15) is 0 Å². The average Bonchev–Trinajstić information content (AvgIpc) is 2.50. The third-order valence-corrected chi connectivity index (χ3v) is 4.18. The van der Waals surface area contributed by atoms with E-state index < -0.39 is 0 Å². The van der Waals surface area contributed by atoms with Crippen LogP contribution in [0.3, 0.4) is 0 Å². The topological polar surface area (TPSA) is 0 Å². The first-order chi connectivity index (χ1) is 9.92. The molecular formula is C20H29Na. The molecule has 0 aliphatic carbocycles. The number of benzene rings is 2. The Hall–Kier alpha value is -0.300. The number of fused-ring (bicyclic) bond motifs is 1.